The van der Waals surface area contributed by atoms with Crippen LogP contribution in [0.25, 0.3) is 0 Å². The van der Waals surface area contributed by atoms with Crippen molar-refractivity contribution in [2.45, 2.75) is 6.54 Å². The molecule has 0 unspecified atom stereocenters. The van der Waals surface area contributed by atoms with Crippen LogP contribution >= 0.6 is 0 Å². The molecule has 0 amide bonds. The molecule has 2 rings (SSSR count). The molecule has 0 bridgehead atoms. The third kappa shape index (κ3) is 2.58. The SMILES string of the molecule is CNCc1ccccc1Oc1cccnc1. The summed E-state index contributed by atoms with van der Waals surface area (Å²) in [4.78, 5) is 4.02. The number of hydrogen-bond acceptors (Lipinski definition) is 3. The standard InChI is InChI=1S/C13H14N2O/c1-14-9-11-5-2-3-7-13(11)16-12-6-4-8-15-10-12/h2-8,10,14H,9H2,1H3. The number of ether oxygens (including phenoxy) is 1. The molecule has 0 aliphatic rings. The molecule has 0 spiro atoms. The van der Waals surface area contributed by atoms with E-state index in [1.165, 1.54) is 0 Å². The Kier molecular flexibility index (Phi) is 3.51. The van der Waals surface area contributed by atoms with E-state index in [9.17, 15) is 0 Å². The first-order valence-electron chi connectivity index (χ1n) is 5.20. The minimum absolute atomic E-state index is 0.756. The molecular weight excluding hydrogens is 200 g/mol. The Morgan fingerprint density at radius 2 is 2.06 bits per heavy atom. The molecule has 0 aliphatic heterocycles. The van der Waals surface area contributed by atoms with Crippen molar-refractivity contribution < 1.29 is 4.74 Å². The predicted molar refractivity (Wildman–Crippen MR) is 63.5 cm³/mol. The Bertz CT molecular complexity index is 443. The second kappa shape index (κ2) is 5.28. The monoisotopic (exact) mass is 214 g/mol. The van der Waals surface area contributed by atoms with E-state index in [0.29, 0.717) is 0 Å². The van der Waals surface area contributed by atoms with Gasteiger partial charge >= 0.3 is 0 Å². The zero-order valence-electron chi connectivity index (χ0n) is 9.18. The van der Waals surface area contributed by atoms with Crippen LogP contribution in [0.3, 0.4) is 0 Å². The van der Waals surface area contributed by atoms with Gasteiger partial charge in [0.2, 0.25) is 0 Å². The van der Waals surface area contributed by atoms with Gasteiger partial charge in [0.25, 0.3) is 0 Å². The van der Waals surface area contributed by atoms with Gasteiger partial charge in [-0.15, -0.1) is 0 Å². The zero-order valence-corrected chi connectivity index (χ0v) is 9.18. The van der Waals surface area contributed by atoms with Gasteiger partial charge in [0.1, 0.15) is 11.5 Å². The molecule has 1 heterocycles. The van der Waals surface area contributed by atoms with Crippen LogP contribution in [0, 0.1) is 0 Å². The molecule has 3 heteroatoms. The van der Waals surface area contributed by atoms with E-state index < -0.39 is 0 Å². The molecule has 0 saturated heterocycles. The third-order valence-electron chi connectivity index (χ3n) is 2.20. The van der Waals surface area contributed by atoms with Gasteiger partial charge in [0, 0.05) is 18.3 Å². The van der Waals surface area contributed by atoms with Gasteiger partial charge in [-0.25, -0.2) is 0 Å². The van der Waals surface area contributed by atoms with Gasteiger partial charge in [0.15, 0.2) is 0 Å². The Morgan fingerprint density at radius 1 is 1.19 bits per heavy atom. The van der Waals surface area contributed by atoms with Crippen molar-refractivity contribution in [2.24, 2.45) is 0 Å². The van der Waals surface area contributed by atoms with Crippen LogP contribution in [0.2, 0.25) is 0 Å². The summed E-state index contributed by atoms with van der Waals surface area (Å²) >= 11 is 0. The predicted octanol–water partition coefficient (Wildman–Crippen LogP) is 2.59. The molecule has 1 N–H and O–H groups in total. The molecule has 82 valence electrons. The molecule has 0 radical (unpaired) electrons. The van der Waals surface area contributed by atoms with E-state index in [1.54, 1.807) is 12.4 Å². The van der Waals surface area contributed by atoms with Gasteiger partial charge in [-0.05, 0) is 25.2 Å². The van der Waals surface area contributed by atoms with Gasteiger partial charge in [0.05, 0.1) is 6.20 Å². The highest BCUT2D eigenvalue weighted by atomic mass is 16.5. The molecule has 0 fully saturated rings. The lowest BCUT2D eigenvalue weighted by Crippen LogP contribution is -2.06. The molecule has 0 saturated carbocycles. The largest absolute Gasteiger partial charge is 0.455 e. The third-order valence-corrected chi connectivity index (χ3v) is 2.20. The maximum absolute atomic E-state index is 5.76. The Hall–Kier alpha value is -1.87. The Morgan fingerprint density at radius 3 is 2.81 bits per heavy atom. The number of pyridine rings is 1. The summed E-state index contributed by atoms with van der Waals surface area (Å²) < 4.78 is 5.76. The number of aromatic nitrogens is 1. The van der Waals surface area contributed by atoms with Gasteiger partial charge in [-0.1, -0.05) is 18.2 Å². The maximum Gasteiger partial charge on any atom is 0.145 e. The summed E-state index contributed by atoms with van der Waals surface area (Å²) in [6, 6.07) is 11.7. The molecule has 1 aromatic carbocycles. The maximum atomic E-state index is 5.76. The minimum atomic E-state index is 0.756. The normalized spacial score (nSPS) is 10.1. The van der Waals surface area contributed by atoms with E-state index in [1.807, 2.05) is 43.4 Å². The minimum Gasteiger partial charge on any atom is -0.455 e. The second-order valence-electron chi connectivity index (χ2n) is 3.43. The molecule has 16 heavy (non-hydrogen) atoms. The first kappa shape index (κ1) is 10.6. The van der Waals surface area contributed by atoms with Crippen LogP contribution in [0.1, 0.15) is 5.56 Å². The number of nitrogens with one attached hydrogen (secondary N) is 1. The van der Waals surface area contributed by atoms with Gasteiger partial charge in [-0.3, -0.25) is 4.98 Å². The molecule has 1 aromatic heterocycles. The summed E-state index contributed by atoms with van der Waals surface area (Å²) in [6.07, 6.45) is 3.43. The molecule has 0 aliphatic carbocycles. The summed E-state index contributed by atoms with van der Waals surface area (Å²) in [7, 11) is 1.92. The first-order valence-corrected chi connectivity index (χ1v) is 5.20. The van der Waals surface area contributed by atoms with E-state index >= 15 is 0 Å². The quantitative estimate of drug-likeness (QED) is 0.849. The fraction of sp³-hybridized carbons (Fsp3) is 0.154. The summed E-state index contributed by atoms with van der Waals surface area (Å²) in [6.45, 7) is 0.788. The lowest BCUT2D eigenvalue weighted by atomic mass is 10.2. The van der Waals surface area contributed by atoms with E-state index in [2.05, 4.69) is 10.3 Å². The van der Waals surface area contributed by atoms with Crippen molar-refractivity contribution in [2.75, 3.05) is 7.05 Å². The number of nitrogens with zero attached hydrogens (tertiary/aromatic N) is 1. The van der Waals surface area contributed by atoms with Crippen LogP contribution < -0.4 is 10.1 Å². The fourth-order valence-corrected chi connectivity index (χ4v) is 1.47. The van der Waals surface area contributed by atoms with Gasteiger partial charge < -0.3 is 10.1 Å². The van der Waals surface area contributed by atoms with Crippen molar-refractivity contribution in [3.8, 4) is 11.5 Å². The molecule has 2 aromatic rings. The highest BCUT2D eigenvalue weighted by Gasteiger charge is 2.02. The highest BCUT2D eigenvalue weighted by Crippen LogP contribution is 2.24. The van der Waals surface area contributed by atoms with Crippen molar-refractivity contribution in [1.29, 1.82) is 0 Å². The summed E-state index contributed by atoms with van der Waals surface area (Å²) in [5.74, 6) is 1.62. The van der Waals surface area contributed by atoms with Crippen molar-refractivity contribution in [1.82, 2.24) is 10.3 Å². The van der Waals surface area contributed by atoms with Crippen LogP contribution in [0.4, 0.5) is 0 Å². The van der Waals surface area contributed by atoms with Gasteiger partial charge in [-0.2, -0.15) is 0 Å². The average Bonchev–Trinajstić information content (AvgIpc) is 2.33. The summed E-state index contributed by atoms with van der Waals surface area (Å²) in [5, 5.41) is 3.11. The zero-order chi connectivity index (χ0) is 11.2. The fourth-order valence-electron chi connectivity index (χ4n) is 1.47. The van der Waals surface area contributed by atoms with Crippen LogP contribution in [-0.2, 0) is 6.54 Å². The second-order valence-corrected chi connectivity index (χ2v) is 3.43. The van der Waals surface area contributed by atoms with Crippen molar-refractivity contribution in [3.63, 3.8) is 0 Å². The number of para-hydroxylation sites is 1. The first-order chi connectivity index (χ1) is 7.90. The lowest BCUT2D eigenvalue weighted by molar-refractivity contribution is 0.472. The highest BCUT2D eigenvalue weighted by molar-refractivity contribution is 5.36. The number of hydrogen-bond donors (Lipinski definition) is 1. The van der Waals surface area contributed by atoms with Crippen molar-refractivity contribution in [3.05, 3.63) is 54.4 Å². The number of benzene rings is 1. The van der Waals surface area contributed by atoms with E-state index in [0.717, 1.165) is 23.6 Å². The Labute approximate surface area is 95.1 Å². The lowest BCUT2D eigenvalue weighted by Gasteiger charge is -2.10. The van der Waals surface area contributed by atoms with E-state index in [4.69, 9.17) is 4.74 Å². The van der Waals surface area contributed by atoms with E-state index in [-0.39, 0.29) is 0 Å². The van der Waals surface area contributed by atoms with Crippen LogP contribution in [-0.4, -0.2) is 12.0 Å². The van der Waals surface area contributed by atoms with Crippen LogP contribution in [0.15, 0.2) is 48.8 Å². The molecular formula is C13H14N2O. The average molecular weight is 214 g/mol. The topological polar surface area (TPSA) is 34.1 Å². The smallest absolute Gasteiger partial charge is 0.145 e. The van der Waals surface area contributed by atoms with Crippen molar-refractivity contribution >= 4 is 0 Å². The van der Waals surface area contributed by atoms with Crippen LogP contribution in [0.5, 0.6) is 11.5 Å². The summed E-state index contributed by atoms with van der Waals surface area (Å²) in [5.41, 5.74) is 1.13. The molecule has 0 atom stereocenters. The number of rotatable bonds is 4. The molecule has 3 nitrogen and oxygen atoms in total. The Balaban J connectivity index is 2.21.